The molecule has 0 fully saturated rings. The summed E-state index contributed by atoms with van der Waals surface area (Å²) in [6.45, 7) is 9.61. The fourth-order valence-corrected chi connectivity index (χ4v) is 14.6. The number of phosphoric acid groups is 2. The van der Waals surface area contributed by atoms with Gasteiger partial charge in [0, 0.05) is 25.7 Å². The zero-order valence-corrected chi connectivity index (χ0v) is 69.4. The molecule has 0 heterocycles. The van der Waals surface area contributed by atoms with Crippen molar-refractivity contribution < 1.29 is 80.2 Å². The van der Waals surface area contributed by atoms with Gasteiger partial charge in [-0.15, -0.1) is 0 Å². The average Bonchev–Trinajstić information content (AvgIpc) is 0.913. The van der Waals surface area contributed by atoms with Crippen LogP contribution in [0, 0.1) is 11.8 Å². The standard InChI is InChI=1S/C84H164O17P2/c1-7-9-11-13-15-17-19-21-23-25-27-28-29-31-33-35-37-42-50-56-62-68-83(88)100-79(72-94-81(86)66-60-54-48-41-36-34-32-30-26-24-22-20-18-16-14-12-10-8-2)74-98-102(90,91)96-70-78(85)71-97-103(92,93)99-75-80(73-95-82(87)67-61-55-49-45-44-47-53-59-65-77(5)6)101-84(89)69-63-57-51-43-39-38-40-46-52-58-64-76(3)4/h76-80,85H,7-75H2,1-6H3,(H,90,91)(H,92,93)/t78-,79-,80-/m1/s1. The monoisotopic (exact) mass is 1510 g/mol. The molecule has 0 amide bonds. The fraction of sp³-hybridized carbons (Fsp3) is 0.952. The van der Waals surface area contributed by atoms with E-state index in [0.717, 1.165) is 102 Å². The number of carbonyl (C=O) groups excluding carboxylic acids is 4. The number of hydrogen-bond donors (Lipinski definition) is 3. The Hall–Kier alpha value is -1.94. The van der Waals surface area contributed by atoms with Gasteiger partial charge in [0.25, 0.3) is 0 Å². The third-order valence-electron chi connectivity index (χ3n) is 19.7. The van der Waals surface area contributed by atoms with E-state index < -0.39 is 97.5 Å². The number of esters is 4. The van der Waals surface area contributed by atoms with Crippen molar-refractivity contribution in [3.63, 3.8) is 0 Å². The minimum atomic E-state index is -4.96. The minimum absolute atomic E-state index is 0.106. The first-order chi connectivity index (χ1) is 49.9. The molecular formula is C84H164O17P2. The molecule has 17 nitrogen and oxygen atoms in total. The summed E-state index contributed by atoms with van der Waals surface area (Å²) in [6.07, 6.45) is 66.8. The molecule has 612 valence electrons. The van der Waals surface area contributed by atoms with Crippen LogP contribution in [-0.4, -0.2) is 96.7 Å². The SMILES string of the molecule is CCCCCCCCCCCCCCCCCCCCCCCC(=O)O[C@H](COC(=O)CCCCCCCCCCCCCCCCCCCC)COP(=O)(O)OC[C@@H](O)COP(=O)(O)OC[C@@H](COC(=O)CCCCCCCCCCC(C)C)OC(=O)CCCCCCCCCCCCC(C)C. The molecule has 0 radical (unpaired) electrons. The summed E-state index contributed by atoms with van der Waals surface area (Å²) in [5.41, 5.74) is 0. The zero-order valence-electron chi connectivity index (χ0n) is 67.6. The summed E-state index contributed by atoms with van der Waals surface area (Å²) in [4.78, 5) is 73.1. The van der Waals surface area contributed by atoms with Gasteiger partial charge < -0.3 is 33.8 Å². The van der Waals surface area contributed by atoms with Gasteiger partial charge in [0.05, 0.1) is 26.4 Å². The quantitative estimate of drug-likeness (QED) is 0.0222. The number of phosphoric ester groups is 2. The highest BCUT2D eigenvalue weighted by atomic mass is 31.2. The second-order valence-electron chi connectivity index (χ2n) is 31.2. The maximum Gasteiger partial charge on any atom is 0.472 e. The molecule has 0 aromatic carbocycles. The number of carbonyl (C=O) groups is 4. The molecule has 0 bridgehead atoms. The lowest BCUT2D eigenvalue weighted by Gasteiger charge is -2.21. The Morgan fingerprint density at radius 1 is 0.262 bits per heavy atom. The van der Waals surface area contributed by atoms with Crippen LogP contribution in [0.1, 0.15) is 446 Å². The van der Waals surface area contributed by atoms with Crippen LogP contribution in [0.4, 0.5) is 0 Å². The molecule has 0 saturated carbocycles. The van der Waals surface area contributed by atoms with Gasteiger partial charge in [0.15, 0.2) is 12.2 Å². The summed E-state index contributed by atoms with van der Waals surface area (Å²) < 4.78 is 68.8. The van der Waals surface area contributed by atoms with E-state index in [1.165, 1.54) is 263 Å². The van der Waals surface area contributed by atoms with Gasteiger partial charge in [-0.1, -0.05) is 395 Å². The van der Waals surface area contributed by atoms with Crippen LogP contribution < -0.4 is 0 Å². The number of aliphatic hydroxyl groups is 1. The normalized spacial score (nSPS) is 13.9. The van der Waals surface area contributed by atoms with Gasteiger partial charge in [-0.2, -0.15) is 0 Å². The summed E-state index contributed by atoms with van der Waals surface area (Å²) in [7, 11) is -9.92. The van der Waals surface area contributed by atoms with Gasteiger partial charge in [0.2, 0.25) is 0 Å². The van der Waals surface area contributed by atoms with Gasteiger partial charge in [-0.25, -0.2) is 9.13 Å². The number of aliphatic hydroxyl groups excluding tert-OH is 1. The van der Waals surface area contributed by atoms with Crippen LogP contribution in [0.5, 0.6) is 0 Å². The second kappa shape index (κ2) is 75.5. The van der Waals surface area contributed by atoms with Crippen molar-refractivity contribution in [1.82, 2.24) is 0 Å². The van der Waals surface area contributed by atoms with Gasteiger partial charge in [-0.05, 0) is 37.5 Å². The molecule has 2 unspecified atom stereocenters. The van der Waals surface area contributed by atoms with E-state index in [2.05, 4.69) is 41.5 Å². The molecule has 0 aliphatic rings. The van der Waals surface area contributed by atoms with E-state index >= 15 is 0 Å². The Balaban J connectivity index is 5.23. The van der Waals surface area contributed by atoms with E-state index in [4.69, 9.17) is 37.0 Å². The maximum absolute atomic E-state index is 13.1. The van der Waals surface area contributed by atoms with Crippen molar-refractivity contribution in [2.75, 3.05) is 39.6 Å². The first kappa shape index (κ1) is 101. The molecule has 0 aromatic rings. The van der Waals surface area contributed by atoms with Crippen LogP contribution in [0.25, 0.3) is 0 Å². The van der Waals surface area contributed by atoms with Crippen LogP contribution in [0.3, 0.4) is 0 Å². The van der Waals surface area contributed by atoms with Crippen molar-refractivity contribution >= 4 is 39.5 Å². The van der Waals surface area contributed by atoms with E-state index in [0.29, 0.717) is 25.7 Å². The van der Waals surface area contributed by atoms with E-state index in [-0.39, 0.29) is 25.7 Å². The van der Waals surface area contributed by atoms with Crippen LogP contribution in [0.2, 0.25) is 0 Å². The smallest absolute Gasteiger partial charge is 0.462 e. The fourth-order valence-electron chi connectivity index (χ4n) is 13.1. The van der Waals surface area contributed by atoms with Crippen molar-refractivity contribution in [3.05, 3.63) is 0 Å². The molecule has 0 saturated heterocycles. The average molecular weight is 1510 g/mol. The lowest BCUT2D eigenvalue weighted by Crippen LogP contribution is -2.30. The lowest BCUT2D eigenvalue weighted by atomic mass is 10.0. The number of unbranched alkanes of at least 4 members (excludes halogenated alkanes) is 53. The van der Waals surface area contributed by atoms with E-state index in [9.17, 15) is 43.2 Å². The third-order valence-corrected chi connectivity index (χ3v) is 21.6. The minimum Gasteiger partial charge on any atom is -0.462 e. The van der Waals surface area contributed by atoms with Crippen molar-refractivity contribution in [1.29, 1.82) is 0 Å². The van der Waals surface area contributed by atoms with Crippen molar-refractivity contribution in [3.8, 4) is 0 Å². The van der Waals surface area contributed by atoms with Gasteiger partial charge >= 0.3 is 39.5 Å². The van der Waals surface area contributed by atoms with Crippen molar-refractivity contribution in [2.24, 2.45) is 11.8 Å². The first-order valence-corrected chi connectivity index (χ1v) is 46.5. The first-order valence-electron chi connectivity index (χ1n) is 43.5. The van der Waals surface area contributed by atoms with Crippen LogP contribution >= 0.6 is 15.6 Å². The molecule has 0 aromatic heterocycles. The molecule has 103 heavy (non-hydrogen) atoms. The van der Waals surface area contributed by atoms with Gasteiger partial charge in [-0.3, -0.25) is 37.3 Å². The Morgan fingerprint density at radius 3 is 0.660 bits per heavy atom. The molecule has 19 heteroatoms. The second-order valence-corrected chi connectivity index (χ2v) is 34.1. The predicted octanol–water partition coefficient (Wildman–Crippen LogP) is 25.5. The number of ether oxygens (including phenoxy) is 4. The molecule has 5 atom stereocenters. The Kier molecular flexibility index (Phi) is 74.1. The lowest BCUT2D eigenvalue weighted by molar-refractivity contribution is -0.161. The topological polar surface area (TPSA) is 237 Å². The number of hydrogen-bond acceptors (Lipinski definition) is 15. The summed E-state index contributed by atoms with van der Waals surface area (Å²) in [5, 5.41) is 10.7. The highest BCUT2D eigenvalue weighted by Crippen LogP contribution is 2.45. The maximum atomic E-state index is 13.1. The van der Waals surface area contributed by atoms with Crippen LogP contribution in [0.15, 0.2) is 0 Å². The Bertz CT molecular complexity index is 1980. The Labute approximate surface area is 632 Å². The molecule has 3 N–H and O–H groups in total. The molecule has 0 aliphatic carbocycles. The predicted molar refractivity (Wildman–Crippen MR) is 423 cm³/mol. The Morgan fingerprint density at radius 2 is 0.447 bits per heavy atom. The highest BCUT2D eigenvalue weighted by molar-refractivity contribution is 7.47. The van der Waals surface area contributed by atoms with E-state index in [1.807, 2.05) is 0 Å². The third kappa shape index (κ3) is 78.0. The molecule has 0 aliphatic heterocycles. The van der Waals surface area contributed by atoms with Crippen LogP contribution in [-0.2, 0) is 65.4 Å². The number of rotatable bonds is 83. The molecular weight excluding hydrogens is 1340 g/mol. The summed E-state index contributed by atoms with van der Waals surface area (Å²) in [5.74, 6) is -0.628. The van der Waals surface area contributed by atoms with Gasteiger partial charge in [0.1, 0.15) is 19.3 Å². The molecule has 0 rings (SSSR count). The van der Waals surface area contributed by atoms with Crippen molar-refractivity contribution in [2.45, 2.75) is 464 Å². The summed E-state index contributed by atoms with van der Waals surface area (Å²) >= 11 is 0. The zero-order chi connectivity index (χ0) is 75.6. The highest BCUT2D eigenvalue weighted by Gasteiger charge is 2.30. The van der Waals surface area contributed by atoms with E-state index in [1.54, 1.807) is 0 Å². The summed E-state index contributed by atoms with van der Waals surface area (Å²) in [6, 6.07) is 0. The molecule has 0 spiro atoms. The largest absolute Gasteiger partial charge is 0.472 e.